The summed E-state index contributed by atoms with van der Waals surface area (Å²) in [6.07, 6.45) is 5.42. The first kappa shape index (κ1) is 19.8. The van der Waals surface area contributed by atoms with Crippen LogP contribution in [0.4, 0.5) is 0 Å². The van der Waals surface area contributed by atoms with Crippen molar-refractivity contribution in [1.29, 1.82) is 0 Å². The highest BCUT2D eigenvalue weighted by Gasteiger charge is 2.27. The summed E-state index contributed by atoms with van der Waals surface area (Å²) in [6, 6.07) is 9.09. The number of hydrogen-bond donors (Lipinski definition) is 0. The van der Waals surface area contributed by atoms with Crippen LogP contribution in [0.2, 0.25) is 5.02 Å². The molecular weight excluding hydrogens is 408 g/mol. The van der Waals surface area contributed by atoms with Crippen LogP contribution in [0.15, 0.2) is 47.9 Å². The van der Waals surface area contributed by atoms with Crippen LogP contribution in [0.1, 0.15) is 35.9 Å². The van der Waals surface area contributed by atoms with Gasteiger partial charge in [0.2, 0.25) is 0 Å². The first-order chi connectivity index (χ1) is 14.1. The van der Waals surface area contributed by atoms with E-state index in [1.165, 1.54) is 11.8 Å². The predicted molar refractivity (Wildman–Crippen MR) is 112 cm³/mol. The number of aromatic nitrogens is 5. The predicted octanol–water partition coefficient (Wildman–Crippen LogP) is 3.88. The highest BCUT2D eigenvalue weighted by Crippen LogP contribution is 2.25. The molecule has 29 heavy (non-hydrogen) atoms. The molecule has 4 rings (SSSR count). The van der Waals surface area contributed by atoms with Crippen LogP contribution in [0.3, 0.4) is 0 Å². The minimum Gasteiger partial charge on any atom is -0.337 e. The third kappa shape index (κ3) is 4.59. The average Bonchev–Trinajstić information content (AvgIpc) is 3.17. The Morgan fingerprint density at radius 1 is 1.17 bits per heavy atom. The van der Waals surface area contributed by atoms with Crippen LogP contribution in [0.25, 0.3) is 5.69 Å². The topological polar surface area (TPSA) is 76.8 Å². The number of amides is 1. The Morgan fingerprint density at radius 2 is 1.86 bits per heavy atom. The quantitative estimate of drug-likeness (QED) is 0.453. The Kier molecular flexibility index (Phi) is 6.10. The molecule has 1 aromatic carbocycles. The van der Waals surface area contributed by atoms with Gasteiger partial charge >= 0.3 is 0 Å². The molecule has 1 fully saturated rings. The van der Waals surface area contributed by atoms with Gasteiger partial charge in [0, 0.05) is 36.3 Å². The molecule has 150 valence electrons. The summed E-state index contributed by atoms with van der Waals surface area (Å²) in [6.45, 7) is 3.73. The number of likely N-dealkylation sites (tertiary alicyclic amines) is 1. The van der Waals surface area contributed by atoms with Crippen molar-refractivity contribution < 1.29 is 4.79 Å². The zero-order valence-electron chi connectivity index (χ0n) is 16.0. The number of carbonyl (C=O) groups excluding carboxylic acids is 1. The van der Waals surface area contributed by atoms with Gasteiger partial charge in [0.25, 0.3) is 5.91 Å². The fourth-order valence-electron chi connectivity index (χ4n) is 3.24. The van der Waals surface area contributed by atoms with Crippen molar-refractivity contribution in [2.45, 2.75) is 30.7 Å². The fraction of sp³-hybridized carbons (Fsp3) is 0.350. The molecule has 0 radical (unpaired) electrons. The van der Waals surface area contributed by atoms with E-state index in [2.05, 4.69) is 27.2 Å². The highest BCUT2D eigenvalue weighted by molar-refractivity contribution is 7.98. The van der Waals surface area contributed by atoms with E-state index in [0.29, 0.717) is 27.5 Å². The molecule has 0 aliphatic carbocycles. The normalized spacial score (nSPS) is 14.9. The van der Waals surface area contributed by atoms with E-state index >= 15 is 0 Å². The highest BCUT2D eigenvalue weighted by atomic mass is 35.5. The first-order valence-electron chi connectivity index (χ1n) is 9.51. The lowest BCUT2D eigenvalue weighted by Gasteiger charge is -2.29. The van der Waals surface area contributed by atoms with Gasteiger partial charge in [0.15, 0.2) is 10.9 Å². The van der Waals surface area contributed by atoms with Gasteiger partial charge in [-0.15, -0.1) is 5.10 Å². The number of benzene rings is 1. The lowest BCUT2D eigenvalue weighted by atomic mass is 9.99. The fourth-order valence-corrected chi connectivity index (χ4v) is 4.16. The largest absolute Gasteiger partial charge is 0.337 e. The van der Waals surface area contributed by atoms with E-state index in [1.807, 2.05) is 17.0 Å². The maximum atomic E-state index is 13.2. The first-order valence-corrected chi connectivity index (χ1v) is 10.9. The molecule has 0 atom stereocenters. The standard InChI is InChI=1S/C20H21ClN6OS/c1-14-7-11-26(12-8-14)19(28)18-17(13-29-20-22-9-2-10-23-20)27(25-24-18)16-5-3-15(21)4-6-16/h2-6,9-10,14H,7-8,11-13H2,1H3. The van der Waals surface area contributed by atoms with Gasteiger partial charge in [0.05, 0.1) is 11.4 Å². The SMILES string of the molecule is CC1CCN(C(=O)c2nnn(-c3ccc(Cl)cc3)c2CSc2ncccn2)CC1. The van der Waals surface area contributed by atoms with Crippen LogP contribution in [-0.4, -0.2) is 48.9 Å². The summed E-state index contributed by atoms with van der Waals surface area (Å²) in [4.78, 5) is 23.6. The molecule has 1 saturated heterocycles. The molecule has 9 heteroatoms. The van der Waals surface area contributed by atoms with Crippen LogP contribution < -0.4 is 0 Å². The van der Waals surface area contributed by atoms with E-state index in [-0.39, 0.29) is 5.91 Å². The number of piperidine rings is 1. The average molecular weight is 429 g/mol. The molecule has 0 spiro atoms. The number of thioether (sulfide) groups is 1. The van der Waals surface area contributed by atoms with Crippen molar-refractivity contribution in [2.75, 3.05) is 13.1 Å². The van der Waals surface area contributed by atoms with Crippen molar-refractivity contribution in [3.63, 3.8) is 0 Å². The number of carbonyl (C=O) groups is 1. The van der Waals surface area contributed by atoms with Gasteiger partial charge in [-0.05, 0) is 49.1 Å². The van der Waals surface area contributed by atoms with E-state index < -0.39 is 0 Å². The maximum absolute atomic E-state index is 13.2. The summed E-state index contributed by atoms with van der Waals surface area (Å²) in [5.41, 5.74) is 1.92. The summed E-state index contributed by atoms with van der Waals surface area (Å²) in [7, 11) is 0. The molecule has 7 nitrogen and oxygen atoms in total. The Hall–Kier alpha value is -2.45. The Balaban J connectivity index is 1.65. The lowest BCUT2D eigenvalue weighted by molar-refractivity contribution is 0.0690. The summed E-state index contributed by atoms with van der Waals surface area (Å²) < 4.78 is 1.70. The molecule has 3 heterocycles. The van der Waals surface area contributed by atoms with Crippen molar-refractivity contribution >= 4 is 29.3 Å². The van der Waals surface area contributed by atoms with E-state index in [4.69, 9.17) is 11.6 Å². The monoisotopic (exact) mass is 428 g/mol. The molecule has 0 saturated carbocycles. The molecular formula is C20H21ClN6OS. The third-order valence-corrected chi connectivity index (χ3v) is 6.13. The van der Waals surface area contributed by atoms with Crippen molar-refractivity contribution in [3.8, 4) is 5.69 Å². The molecule has 1 aliphatic heterocycles. The van der Waals surface area contributed by atoms with Gasteiger partial charge in [-0.2, -0.15) is 0 Å². The maximum Gasteiger partial charge on any atom is 0.276 e. The Bertz CT molecular complexity index is 970. The number of rotatable bonds is 5. The van der Waals surface area contributed by atoms with Gasteiger partial charge in [-0.1, -0.05) is 35.5 Å². The lowest BCUT2D eigenvalue weighted by Crippen LogP contribution is -2.38. The van der Waals surface area contributed by atoms with Crippen molar-refractivity contribution in [2.24, 2.45) is 5.92 Å². The molecule has 1 aliphatic rings. The summed E-state index contributed by atoms with van der Waals surface area (Å²) in [5, 5.41) is 9.82. The van der Waals surface area contributed by atoms with Crippen molar-refractivity contribution in [3.05, 3.63) is 59.1 Å². The molecule has 2 aromatic heterocycles. The Labute approximate surface area is 178 Å². The van der Waals surface area contributed by atoms with Crippen molar-refractivity contribution in [1.82, 2.24) is 29.9 Å². The third-order valence-electron chi connectivity index (χ3n) is 4.99. The van der Waals surface area contributed by atoms with Crippen LogP contribution in [0, 0.1) is 5.92 Å². The zero-order valence-corrected chi connectivity index (χ0v) is 17.6. The van der Waals surface area contributed by atoms with Crippen LogP contribution >= 0.6 is 23.4 Å². The second-order valence-electron chi connectivity index (χ2n) is 7.07. The van der Waals surface area contributed by atoms with E-state index in [0.717, 1.165) is 37.3 Å². The number of halogens is 1. The smallest absolute Gasteiger partial charge is 0.276 e. The molecule has 0 bridgehead atoms. The number of hydrogen-bond acceptors (Lipinski definition) is 6. The van der Waals surface area contributed by atoms with Gasteiger partial charge in [-0.3, -0.25) is 4.79 Å². The molecule has 0 unspecified atom stereocenters. The van der Waals surface area contributed by atoms with Gasteiger partial charge in [0.1, 0.15) is 0 Å². The van der Waals surface area contributed by atoms with E-state index in [1.54, 1.807) is 35.3 Å². The number of nitrogens with zero attached hydrogens (tertiary/aromatic N) is 6. The molecule has 0 N–H and O–H groups in total. The molecule has 1 amide bonds. The van der Waals surface area contributed by atoms with Gasteiger partial charge in [-0.25, -0.2) is 14.6 Å². The second kappa shape index (κ2) is 8.92. The van der Waals surface area contributed by atoms with Crippen LogP contribution in [-0.2, 0) is 5.75 Å². The minimum absolute atomic E-state index is 0.0679. The summed E-state index contributed by atoms with van der Waals surface area (Å²) in [5.74, 6) is 1.06. The second-order valence-corrected chi connectivity index (χ2v) is 8.45. The van der Waals surface area contributed by atoms with E-state index in [9.17, 15) is 4.79 Å². The Morgan fingerprint density at radius 3 is 2.55 bits per heavy atom. The summed E-state index contributed by atoms with van der Waals surface area (Å²) >= 11 is 7.47. The van der Waals surface area contributed by atoms with Gasteiger partial charge < -0.3 is 4.90 Å². The zero-order chi connectivity index (χ0) is 20.2. The van der Waals surface area contributed by atoms with Crippen LogP contribution in [0.5, 0.6) is 0 Å². The minimum atomic E-state index is -0.0679. The molecule has 3 aromatic rings.